The fourth-order valence-electron chi connectivity index (χ4n) is 4.37. The van der Waals surface area contributed by atoms with Crippen molar-refractivity contribution < 1.29 is 9.59 Å². The molecule has 3 saturated heterocycles. The predicted octanol–water partition coefficient (Wildman–Crippen LogP) is 3.51. The topological polar surface area (TPSA) is 40.6 Å². The number of nitrogens with zero attached hydrogens (tertiary/aromatic N) is 2. The molecule has 1 aromatic carbocycles. The van der Waals surface area contributed by atoms with Crippen LogP contribution in [0, 0.1) is 18.8 Å². The normalized spacial score (nSPS) is 26.6. The summed E-state index contributed by atoms with van der Waals surface area (Å²) in [4.78, 5) is 29.9. The highest BCUT2D eigenvalue weighted by Gasteiger charge is 2.43. The van der Waals surface area contributed by atoms with Crippen molar-refractivity contribution in [1.82, 2.24) is 9.80 Å². The van der Waals surface area contributed by atoms with Crippen molar-refractivity contribution >= 4 is 23.4 Å². The number of aryl methyl sites for hydroxylation is 1. The summed E-state index contributed by atoms with van der Waals surface area (Å²) in [5.41, 5.74) is 1.58. The van der Waals surface area contributed by atoms with Crippen molar-refractivity contribution in [2.45, 2.75) is 45.1 Å². The van der Waals surface area contributed by atoms with Crippen molar-refractivity contribution in [3.63, 3.8) is 0 Å². The summed E-state index contributed by atoms with van der Waals surface area (Å²) in [6, 6.07) is 5.71. The van der Waals surface area contributed by atoms with Gasteiger partial charge in [-0.05, 0) is 50.7 Å². The Labute approximate surface area is 154 Å². The summed E-state index contributed by atoms with van der Waals surface area (Å²) in [6.45, 7) is 4.01. The molecule has 25 heavy (non-hydrogen) atoms. The molecule has 4 aliphatic rings. The first-order valence-electron chi connectivity index (χ1n) is 9.39. The van der Waals surface area contributed by atoms with Gasteiger partial charge >= 0.3 is 0 Å². The zero-order chi connectivity index (χ0) is 17.6. The number of benzene rings is 1. The summed E-state index contributed by atoms with van der Waals surface area (Å²) in [5.74, 6) is 0.836. The van der Waals surface area contributed by atoms with Crippen LogP contribution in [0.15, 0.2) is 18.2 Å². The van der Waals surface area contributed by atoms with Gasteiger partial charge in [0.15, 0.2) is 0 Å². The lowest BCUT2D eigenvalue weighted by atomic mass is 9.83. The first kappa shape index (κ1) is 16.9. The standard InChI is InChI=1S/C20H25ClN2O2/c1-13-5-8-18(21)17(9-13)20(25)22-11-15-6-7-16(12-22)23(19(15)24)10-14-3-2-4-14/h5,8-9,14-16H,2-4,6-7,10-12H2,1H3/t15-,16+/m1/s1. The zero-order valence-electron chi connectivity index (χ0n) is 14.7. The van der Waals surface area contributed by atoms with Gasteiger partial charge in [0.2, 0.25) is 5.91 Å². The average molecular weight is 361 g/mol. The molecular formula is C20H25ClN2O2. The van der Waals surface area contributed by atoms with Gasteiger partial charge in [-0.1, -0.05) is 29.7 Å². The molecule has 0 spiro atoms. The Morgan fingerprint density at radius 1 is 1.20 bits per heavy atom. The van der Waals surface area contributed by atoms with E-state index < -0.39 is 0 Å². The second-order valence-electron chi connectivity index (χ2n) is 7.91. The van der Waals surface area contributed by atoms with Crippen LogP contribution in [0.25, 0.3) is 0 Å². The minimum atomic E-state index is -0.0497. The van der Waals surface area contributed by atoms with Crippen molar-refractivity contribution in [1.29, 1.82) is 0 Å². The van der Waals surface area contributed by atoms with Gasteiger partial charge in [-0.25, -0.2) is 0 Å². The minimum absolute atomic E-state index is 0.0381. The highest BCUT2D eigenvalue weighted by atomic mass is 35.5. The van der Waals surface area contributed by atoms with Gasteiger partial charge in [0.1, 0.15) is 0 Å². The first-order chi connectivity index (χ1) is 12.0. The van der Waals surface area contributed by atoms with E-state index in [2.05, 4.69) is 4.90 Å². The lowest BCUT2D eigenvalue weighted by molar-refractivity contribution is -0.141. The van der Waals surface area contributed by atoms with Crippen LogP contribution in [0.2, 0.25) is 5.02 Å². The van der Waals surface area contributed by atoms with Gasteiger partial charge in [-0.3, -0.25) is 9.59 Å². The van der Waals surface area contributed by atoms with Crippen molar-refractivity contribution in [2.24, 2.45) is 11.8 Å². The molecule has 2 amide bonds. The van der Waals surface area contributed by atoms with E-state index in [-0.39, 0.29) is 23.8 Å². The molecule has 3 aliphatic heterocycles. The average Bonchev–Trinajstić information content (AvgIpc) is 2.84. The van der Waals surface area contributed by atoms with Gasteiger partial charge in [0.25, 0.3) is 5.91 Å². The first-order valence-corrected chi connectivity index (χ1v) is 9.76. The summed E-state index contributed by atoms with van der Waals surface area (Å²) in [5, 5.41) is 0.491. The second-order valence-corrected chi connectivity index (χ2v) is 8.32. The van der Waals surface area contributed by atoms with E-state index in [9.17, 15) is 9.59 Å². The maximum Gasteiger partial charge on any atom is 0.255 e. The quantitative estimate of drug-likeness (QED) is 0.827. The Morgan fingerprint density at radius 2 is 2.00 bits per heavy atom. The third-order valence-electron chi connectivity index (χ3n) is 6.11. The van der Waals surface area contributed by atoms with Crippen LogP contribution in [0.4, 0.5) is 0 Å². The van der Waals surface area contributed by atoms with E-state index in [0.29, 0.717) is 29.6 Å². The Bertz CT molecular complexity index is 701. The van der Waals surface area contributed by atoms with Crippen molar-refractivity contribution in [2.75, 3.05) is 19.6 Å². The van der Waals surface area contributed by atoms with Crippen LogP contribution in [0.1, 0.15) is 48.0 Å². The van der Waals surface area contributed by atoms with Gasteiger partial charge in [-0.2, -0.15) is 0 Å². The maximum atomic E-state index is 13.1. The Hall–Kier alpha value is -1.55. The fraction of sp³-hybridized carbons (Fsp3) is 0.600. The van der Waals surface area contributed by atoms with Crippen LogP contribution in [0.5, 0.6) is 0 Å². The molecule has 2 bridgehead atoms. The number of rotatable bonds is 3. The number of hydrogen-bond donors (Lipinski definition) is 0. The molecular weight excluding hydrogens is 336 g/mol. The van der Waals surface area contributed by atoms with E-state index >= 15 is 0 Å². The van der Waals surface area contributed by atoms with Gasteiger partial charge in [0.05, 0.1) is 16.5 Å². The van der Waals surface area contributed by atoms with Crippen LogP contribution in [-0.4, -0.2) is 47.3 Å². The molecule has 0 N–H and O–H groups in total. The van der Waals surface area contributed by atoms with E-state index in [4.69, 9.17) is 11.6 Å². The molecule has 0 unspecified atom stereocenters. The van der Waals surface area contributed by atoms with Crippen LogP contribution < -0.4 is 0 Å². The Kier molecular flexibility index (Phi) is 4.48. The van der Waals surface area contributed by atoms with Crippen molar-refractivity contribution in [3.05, 3.63) is 34.3 Å². The largest absolute Gasteiger partial charge is 0.337 e. The molecule has 1 saturated carbocycles. The van der Waals surface area contributed by atoms with Crippen LogP contribution >= 0.6 is 11.6 Å². The summed E-state index contributed by atoms with van der Waals surface area (Å²) in [6.07, 6.45) is 5.67. The highest BCUT2D eigenvalue weighted by Crippen LogP contribution is 2.34. The number of piperidine rings is 1. The van der Waals surface area contributed by atoms with E-state index in [1.54, 1.807) is 6.07 Å². The van der Waals surface area contributed by atoms with Gasteiger partial charge < -0.3 is 9.80 Å². The molecule has 0 aromatic heterocycles. The Balaban J connectivity index is 1.55. The van der Waals surface area contributed by atoms with E-state index in [0.717, 1.165) is 24.9 Å². The molecule has 3 heterocycles. The molecule has 134 valence electrons. The highest BCUT2D eigenvalue weighted by molar-refractivity contribution is 6.33. The molecule has 4 fully saturated rings. The smallest absolute Gasteiger partial charge is 0.255 e. The fourth-order valence-corrected chi connectivity index (χ4v) is 4.57. The lowest BCUT2D eigenvalue weighted by Gasteiger charge is -2.40. The summed E-state index contributed by atoms with van der Waals surface area (Å²) in [7, 11) is 0. The number of hydrogen-bond acceptors (Lipinski definition) is 2. The maximum absolute atomic E-state index is 13.1. The number of amides is 2. The zero-order valence-corrected chi connectivity index (χ0v) is 15.5. The minimum Gasteiger partial charge on any atom is -0.337 e. The molecule has 1 aliphatic carbocycles. The molecule has 0 radical (unpaired) electrons. The third kappa shape index (κ3) is 3.17. The molecule has 5 rings (SSSR count). The third-order valence-corrected chi connectivity index (χ3v) is 6.44. The van der Waals surface area contributed by atoms with Crippen LogP contribution in [0.3, 0.4) is 0 Å². The Morgan fingerprint density at radius 3 is 2.72 bits per heavy atom. The van der Waals surface area contributed by atoms with Crippen molar-refractivity contribution in [3.8, 4) is 0 Å². The number of fused-ring (bicyclic) bond motifs is 4. The molecule has 2 atom stereocenters. The number of carbonyl (C=O) groups is 2. The predicted molar refractivity (Wildman–Crippen MR) is 97.7 cm³/mol. The summed E-state index contributed by atoms with van der Waals surface area (Å²) < 4.78 is 0. The summed E-state index contributed by atoms with van der Waals surface area (Å²) >= 11 is 6.27. The van der Waals surface area contributed by atoms with Crippen LogP contribution in [-0.2, 0) is 4.79 Å². The number of carbonyl (C=O) groups excluding carboxylic acids is 2. The monoisotopic (exact) mass is 360 g/mol. The molecule has 1 aromatic rings. The van der Waals surface area contributed by atoms with E-state index in [1.807, 2.05) is 24.0 Å². The molecule has 5 heteroatoms. The molecule has 4 nitrogen and oxygen atoms in total. The van der Waals surface area contributed by atoms with E-state index in [1.165, 1.54) is 19.3 Å². The SMILES string of the molecule is Cc1ccc(Cl)c(C(=O)N2C[C@H]3CC[C@@H](C2)N(CC2CCC2)C3=O)c1. The second kappa shape index (κ2) is 6.64. The van der Waals surface area contributed by atoms with Gasteiger partial charge in [-0.15, -0.1) is 0 Å². The number of halogens is 1. The lowest BCUT2D eigenvalue weighted by Crippen LogP contribution is -2.50. The van der Waals surface area contributed by atoms with Gasteiger partial charge in [0, 0.05) is 25.7 Å².